The van der Waals surface area contributed by atoms with Crippen LogP contribution in [-0.4, -0.2) is 0 Å². The van der Waals surface area contributed by atoms with Crippen molar-refractivity contribution in [1.29, 1.82) is 0 Å². The first-order chi connectivity index (χ1) is 59.6. The van der Waals surface area contributed by atoms with E-state index in [2.05, 4.69) is 431 Å². The van der Waals surface area contributed by atoms with Crippen molar-refractivity contribution in [3.8, 4) is 89.0 Å². The van der Waals surface area contributed by atoms with Crippen molar-refractivity contribution < 1.29 is 8.83 Å². The van der Waals surface area contributed by atoms with Crippen molar-refractivity contribution >= 4 is 152 Å². The van der Waals surface area contributed by atoms with Crippen LogP contribution in [0.3, 0.4) is 0 Å². The maximum Gasteiger partial charge on any atom is 0.143 e. The highest BCUT2D eigenvalue weighted by atomic mass is 16.3. The number of hydrogen-bond acceptors (Lipinski definition) is 2. The summed E-state index contributed by atoms with van der Waals surface area (Å²) in [6, 6.07) is 162. The van der Waals surface area contributed by atoms with E-state index in [9.17, 15) is 0 Å². The summed E-state index contributed by atoms with van der Waals surface area (Å²) in [4.78, 5) is 0. The minimum absolute atomic E-state index is 0.922. The van der Waals surface area contributed by atoms with Crippen LogP contribution in [0.1, 0.15) is 0 Å². The van der Waals surface area contributed by atoms with Gasteiger partial charge in [-0.2, -0.15) is 0 Å². The van der Waals surface area contributed by atoms with Gasteiger partial charge in [-0.3, -0.25) is 0 Å². The molecule has 0 N–H and O–H groups in total. The molecule has 0 saturated carbocycles. The highest BCUT2D eigenvalue weighted by molar-refractivity contribution is 6.27. The summed E-state index contributed by atoms with van der Waals surface area (Å²) in [5, 5.41) is 29.9. The Bertz CT molecular complexity index is 8220. The van der Waals surface area contributed by atoms with Gasteiger partial charge in [0.2, 0.25) is 0 Å². The third-order valence-corrected chi connectivity index (χ3v) is 24.8. The Hall–Kier alpha value is -15.7. The molecule has 0 bridgehead atoms. The Balaban J connectivity index is 0.000000105. The molecule has 558 valence electrons. The van der Waals surface area contributed by atoms with Gasteiger partial charge in [0.15, 0.2) is 0 Å². The largest absolute Gasteiger partial charge is 0.455 e. The van der Waals surface area contributed by atoms with Gasteiger partial charge in [0.1, 0.15) is 22.3 Å². The second kappa shape index (κ2) is 29.2. The van der Waals surface area contributed by atoms with E-state index in [-0.39, 0.29) is 0 Å². The quantitative estimate of drug-likeness (QED) is 0.142. The number of fused-ring (bicyclic) bond motifs is 16. The van der Waals surface area contributed by atoms with Gasteiger partial charge in [-0.05, 0) is 204 Å². The van der Waals surface area contributed by atoms with Gasteiger partial charge < -0.3 is 8.83 Å². The number of para-hydroxylation sites is 4. The summed E-state index contributed by atoms with van der Waals surface area (Å²) in [6.07, 6.45) is 0. The normalized spacial score (nSPS) is 11.7. The number of hydrogen-bond donors (Lipinski definition) is 0. The van der Waals surface area contributed by atoms with Gasteiger partial charge in [-0.15, -0.1) is 0 Å². The highest BCUT2D eigenvalue weighted by Crippen LogP contribution is 2.51. The van der Waals surface area contributed by atoms with E-state index in [1.54, 1.807) is 0 Å². The van der Waals surface area contributed by atoms with Gasteiger partial charge in [-0.25, -0.2) is 0 Å². The van der Waals surface area contributed by atoms with Crippen molar-refractivity contribution in [2.24, 2.45) is 0 Å². The van der Waals surface area contributed by atoms with E-state index in [0.29, 0.717) is 0 Å². The van der Waals surface area contributed by atoms with Crippen molar-refractivity contribution in [3.63, 3.8) is 0 Å². The molecule has 0 amide bonds. The van der Waals surface area contributed by atoms with Crippen molar-refractivity contribution in [1.82, 2.24) is 0 Å². The van der Waals surface area contributed by atoms with Crippen LogP contribution in [0.2, 0.25) is 0 Å². The zero-order valence-corrected chi connectivity index (χ0v) is 65.5. The lowest BCUT2D eigenvalue weighted by atomic mass is 9.84. The summed E-state index contributed by atoms with van der Waals surface area (Å²) in [5.41, 5.74) is 23.5. The standard InChI is InChI=1S/C42H26O.C40H26.C36H22O/c1-2-11-30-26-31(25-20-27(30)10-1)41-36-15-5-3-13-34(36)40(35-14-4-6-16-37(35)41)29-23-21-28(22-24-29)32-17-9-18-38-33-12-7-8-19-39(33)43-42(32)38;1-3-15-31-27(11-1)13-9-21-32(31)29-23-25-30(26-24-29)39-35-17-5-7-19-37(35)40(38-20-8-6-18-36(38)39)34-22-10-14-28-12-2-4-16-33(28)34;1-2-11-24-22-25(21-20-23(24)10-1)34-27-13-3-5-15-29(27)35(30-16-6-4-14-28(30)34)32-18-9-17-31-26-12-7-8-19-33(26)37-36(31)32/h1-26H;1-26H;1-22H. The van der Waals surface area contributed by atoms with Crippen LogP contribution < -0.4 is 0 Å². The molecule has 0 unspecified atom stereocenters. The topological polar surface area (TPSA) is 26.3 Å². The average molecular weight is 1520 g/mol. The summed E-state index contributed by atoms with van der Waals surface area (Å²) in [5.74, 6) is 0. The lowest BCUT2D eigenvalue weighted by molar-refractivity contribution is 0.669. The van der Waals surface area contributed by atoms with E-state index < -0.39 is 0 Å². The monoisotopic (exact) mass is 1520 g/mol. The Morgan fingerprint density at radius 3 is 0.750 bits per heavy atom. The molecule has 2 heteroatoms. The SMILES string of the molecule is c1ccc2c(-c3ccc(-c4c5ccccc5c(-c5cccc6ccccc56)c5ccccc45)cc3)cccc2c1.c1ccc2cc(-c3c4ccccc4c(-c4ccc(-c5cccc6c5oc5ccccc56)cc4)c4ccccc34)ccc2c1.c1ccc2cc(-c3c4ccccc4c(-c4cccc5c4oc4ccccc45)c4ccccc34)ccc2c1. The number of rotatable bonds is 8. The van der Waals surface area contributed by atoms with E-state index in [1.165, 1.54) is 180 Å². The molecular formula is C118H74O2. The minimum Gasteiger partial charge on any atom is -0.455 e. The summed E-state index contributed by atoms with van der Waals surface area (Å²) < 4.78 is 12.8. The lowest BCUT2D eigenvalue weighted by Crippen LogP contribution is -1.91. The smallest absolute Gasteiger partial charge is 0.143 e. The molecule has 0 fully saturated rings. The fourth-order valence-corrected chi connectivity index (χ4v) is 19.4. The summed E-state index contributed by atoms with van der Waals surface area (Å²) in [6.45, 7) is 0. The lowest BCUT2D eigenvalue weighted by Gasteiger charge is -2.19. The Labute approximate surface area is 693 Å². The zero-order valence-electron chi connectivity index (χ0n) is 65.5. The molecule has 2 nitrogen and oxygen atoms in total. The molecular weight excluding hydrogens is 1450 g/mol. The molecule has 2 heterocycles. The molecule has 0 radical (unpaired) electrons. The first-order valence-electron chi connectivity index (χ1n) is 41.3. The molecule has 0 aliphatic carbocycles. The van der Waals surface area contributed by atoms with Crippen LogP contribution >= 0.6 is 0 Å². The van der Waals surface area contributed by atoms with E-state index in [0.717, 1.165) is 60.6 Å². The maximum absolute atomic E-state index is 6.50. The first kappa shape index (κ1) is 69.7. The van der Waals surface area contributed by atoms with E-state index >= 15 is 0 Å². The van der Waals surface area contributed by atoms with Crippen molar-refractivity contribution in [3.05, 3.63) is 449 Å². The van der Waals surface area contributed by atoms with E-state index in [4.69, 9.17) is 8.83 Å². The molecule has 0 aliphatic heterocycles. The third-order valence-electron chi connectivity index (χ3n) is 24.8. The van der Waals surface area contributed by atoms with Crippen LogP contribution in [0, 0.1) is 0 Å². The fraction of sp³-hybridized carbons (Fsp3) is 0. The number of benzene rings is 23. The Kier molecular flexibility index (Phi) is 17.0. The van der Waals surface area contributed by atoms with Crippen molar-refractivity contribution in [2.45, 2.75) is 0 Å². The molecule has 120 heavy (non-hydrogen) atoms. The molecule has 23 aromatic carbocycles. The van der Waals surface area contributed by atoms with Gasteiger partial charge in [-0.1, -0.05) is 425 Å². The number of furan rings is 2. The molecule has 2 aromatic heterocycles. The predicted octanol–water partition coefficient (Wildman–Crippen LogP) is 33.7. The van der Waals surface area contributed by atoms with Crippen molar-refractivity contribution in [2.75, 3.05) is 0 Å². The summed E-state index contributed by atoms with van der Waals surface area (Å²) in [7, 11) is 0. The average Bonchev–Trinajstić information content (AvgIpc) is 0.896. The molecule has 0 spiro atoms. The van der Waals surface area contributed by atoms with Crippen LogP contribution in [0.15, 0.2) is 458 Å². The molecule has 25 rings (SSSR count). The fourth-order valence-electron chi connectivity index (χ4n) is 19.4. The molecule has 0 atom stereocenters. The highest BCUT2D eigenvalue weighted by Gasteiger charge is 2.24. The molecule has 0 aliphatic rings. The van der Waals surface area contributed by atoms with Crippen LogP contribution in [0.4, 0.5) is 0 Å². The molecule has 25 aromatic rings. The second-order valence-corrected chi connectivity index (χ2v) is 31.4. The predicted molar refractivity (Wildman–Crippen MR) is 512 cm³/mol. The maximum atomic E-state index is 6.50. The van der Waals surface area contributed by atoms with Gasteiger partial charge in [0, 0.05) is 38.2 Å². The van der Waals surface area contributed by atoms with Crippen LogP contribution in [-0.2, 0) is 0 Å². The van der Waals surface area contributed by atoms with Crippen LogP contribution in [0.25, 0.3) is 241 Å². The Morgan fingerprint density at radius 1 is 0.117 bits per heavy atom. The van der Waals surface area contributed by atoms with Gasteiger partial charge >= 0.3 is 0 Å². The van der Waals surface area contributed by atoms with Gasteiger partial charge in [0.05, 0.1) is 0 Å². The first-order valence-corrected chi connectivity index (χ1v) is 41.3. The van der Waals surface area contributed by atoms with Gasteiger partial charge in [0.25, 0.3) is 0 Å². The second-order valence-electron chi connectivity index (χ2n) is 31.4. The minimum atomic E-state index is 0.922. The summed E-state index contributed by atoms with van der Waals surface area (Å²) >= 11 is 0. The third kappa shape index (κ3) is 11.8. The van der Waals surface area contributed by atoms with E-state index in [1.807, 2.05) is 18.2 Å². The Morgan fingerprint density at radius 2 is 0.350 bits per heavy atom. The van der Waals surface area contributed by atoms with Crippen LogP contribution in [0.5, 0.6) is 0 Å². The zero-order chi connectivity index (χ0) is 79.1. The molecule has 0 saturated heterocycles.